The summed E-state index contributed by atoms with van der Waals surface area (Å²) in [5.41, 5.74) is 0.725. The van der Waals surface area contributed by atoms with Crippen LogP contribution in [0.5, 0.6) is 0 Å². The van der Waals surface area contributed by atoms with E-state index in [1.165, 1.54) is 4.90 Å². The fourth-order valence-electron chi connectivity index (χ4n) is 1.39. The Hall–Kier alpha value is -1.71. The van der Waals surface area contributed by atoms with Crippen molar-refractivity contribution in [3.8, 4) is 0 Å². The lowest BCUT2D eigenvalue weighted by atomic mass is 10.2. The van der Waals surface area contributed by atoms with E-state index in [2.05, 4.69) is 0 Å². The van der Waals surface area contributed by atoms with Gasteiger partial charge >= 0.3 is 0 Å². The molecule has 0 aromatic heterocycles. The van der Waals surface area contributed by atoms with E-state index in [1.807, 2.05) is 6.07 Å². The number of para-hydroxylation sites is 1. The molecule has 86 valence electrons. The number of anilines is 1. The molecule has 1 aromatic carbocycles. The van der Waals surface area contributed by atoms with Crippen molar-refractivity contribution in [1.82, 2.24) is 0 Å². The van der Waals surface area contributed by atoms with Crippen LogP contribution in [0.2, 0.25) is 0 Å². The SMILES string of the molecule is CCN(C(=O)CC=C(F)F)c1ccccc1. The molecule has 0 aliphatic heterocycles. The number of benzene rings is 1. The van der Waals surface area contributed by atoms with Gasteiger partial charge in [-0.2, -0.15) is 8.78 Å². The van der Waals surface area contributed by atoms with Gasteiger partial charge in [0.25, 0.3) is 6.08 Å². The van der Waals surface area contributed by atoms with Crippen LogP contribution in [-0.4, -0.2) is 12.5 Å². The zero-order valence-corrected chi connectivity index (χ0v) is 8.99. The molecule has 0 aliphatic rings. The highest BCUT2D eigenvalue weighted by Gasteiger charge is 2.12. The topological polar surface area (TPSA) is 20.3 Å². The Balaban J connectivity index is 2.75. The van der Waals surface area contributed by atoms with Crippen LogP contribution in [-0.2, 0) is 4.79 Å². The lowest BCUT2D eigenvalue weighted by molar-refractivity contribution is -0.117. The molecule has 0 radical (unpaired) electrons. The van der Waals surface area contributed by atoms with Gasteiger partial charge in [0, 0.05) is 12.2 Å². The number of carbonyl (C=O) groups excluding carboxylic acids is 1. The van der Waals surface area contributed by atoms with Gasteiger partial charge in [-0.3, -0.25) is 4.79 Å². The van der Waals surface area contributed by atoms with Crippen LogP contribution in [0.3, 0.4) is 0 Å². The van der Waals surface area contributed by atoms with E-state index in [4.69, 9.17) is 0 Å². The maximum atomic E-state index is 11.9. The van der Waals surface area contributed by atoms with Crippen molar-refractivity contribution in [2.45, 2.75) is 13.3 Å². The largest absolute Gasteiger partial charge is 0.312 e. The lowest BCUT2D eigenvalue weighted by Crippen LogP contribution is -2.29. The summed E-state index contributed by atoms with van der Waals surface area (Å²) in [6, 6.07) is 8.99. The fraction of sp³-hybridized carbons (Fsp3) is 0.250. The van der Waals surface area contributed by atoms with E-state index >= 15 is 0 Å². The molecule has 0 aliphatic carbocycles. The number of rotatable bonds is 4. The Bertz CT molecular complexity index is 372. The fourth-order valence-corrected chi connectivity index (χ4v) is 1.39. The summed E-state index contributed by atoms with van der Waals surface area (Å²) in [6.45, 7) is 2.27. The van der Waals surface area contributed by atoms with Crippen molar-refractivity contribution >= 4 is 11.6 Å². The molecule has 0 spiro atoms. The summed E-state index contributed by atoms with van der Waals surface area (Å²) < 4.78 is 23.7. The first kappa shape index (κ1) is 12.4. The third-order valence-corrected chi connectivity index (χ3v) is 2.12. The Morgan fingerprint density at radius 3 is 2.44 bits per heavy atom. The molecule has 16 heavy (non-hydrogen) atoms. The first-order valence-corrected chi connectivity index (χ1v) is 5.01. The Morgan fingerprint density at radius 1 is 1.31 bits per heavy atom. The number of nitrogens with zero attached hydrogens (tertiary/aromatic N) is 1. The zero-order valence-electron chi connectivity index (χ0n) is 8.99. The molecule has 0 saturated carbocycles. The van der Waals surface area contributed by atoms with Crippen molar-refractivity contribution in [1.29, 1.82) is 0 Å². The Labute approximate surface area is 93.2 Å². The molecule has 0 fully saturated rings. The molecule has 2 nitrogen and oxygen atoms in total. The maximum Gasteiger partial charge on any atom is 0.266 e. The molecule has 0 saturated heterocycles. The summed E-state index contributed by atoms with van der Waals surface area (Å²) in [5, 5.41) is 0. The van der Waals surface area contributed by atoms with Crippen LogP contribution in [0.1, 0.15) is 13.3 Å². The third kappa shape index (κ3) is 3.46. The maximum absolute atomic E-state index is 11.9. The number of halogens is 2. The van der Waals surface area contributed by atoms with Crippen LogP contribution >= 0.6 is 0 Å². The van der Waals surface area contributed by atoms with Crippen LogP contribution in [0.15, 0.2) is 42.5 Å². The summed E-state index contributed by atoms with van der Waals surface area (Å²) in [7, 11) is 0. The Morgan fingerprint density at radius 2 is 1.94 bits per heavy atom. The number of amides is 1. The molecule has 1 aromatic rings. The van der Waals surface area contributed by atoms with E-state index in [9.17, 15) is 13.6 Å². The van der Waals surface area contributed by atoms with Gasteiger partial charge in [-0.25, -0.2) is 0 Å². The molecule has 1 amide bonds. The quantitative estimate of drug-likeness (QED) is 0.770. The van der Waals surface area contributed by atoms with Gasteiger partial charge in [0.1, 0.15) is 0 Å². The second-order valence-corrected chi connectivity index (χ2v) is 3.17. The van der Waals surface area contributed by atoms with Gasteiger partial charge in [0.2, 0.25) is 5.91 Å². The molecule has 0 atom stereocenters. The van der Waals surface area contributed by atoms with Crippen molar-refractivity contribution in [2.75, 3.05) is 11.4 Å². The molecule has 1 rings (SSSR count). The van der Waals surface area contributed by atoms with Crippen molar-refractivity contribution < 1.29 is 13.6 Å². The second-order valence-electron chi connectivity index (χ2n) is 3.17. The van der Waals surface area contributed by atoms with E-state index in [0.29, 0.717) is 12.6 Å². The summed E-state index contributed by atoms with van der Waals surface area (Å²) >= 11 is 0. The molecule has 0 N–H and O–H groups in total. The molecular formula is C12H13F2NO. The van der Waals surface area contributed by atoms with Gasteiger partial charge in [0.15, 0.2) is 0 Å². The minimum Gasteiger partial charge on any atom is -0.312 e. The highest BCUT2D eigenvalue weighted by atomic mass is 19.3. The standard InChI is InChI=1S/C12H13F2NO/c1-2-15(10-6-4-3-5-7-10)12(16)9-8-11(13)14/h3-8H,2,9H2,1H3. The van der Waals surface area contributed by atoms with E-state index < -0.39 is 6.08 Å². The van der Waals surface area contributed by atoms with E-state index in [-0.39, 0.29) is 12.3 Å². The van der Waals surface area contributed by atoms with Crippen LogP contribution in [0.4, 0.5) is 14.5 Å². The van der Waals surface area contributed by atoms with Crippen LogP contribution in [0, 0.1) is 0 Å². The van der Waals surface area contributed by atoms with E-state index in [1.54, 1.807) is 31.2 Å². The van der Waals surface area contributed by atoms with Crippen LogP contribution in [0.25, 0.3) is 0 Å². The highest BCUT2D eigenvalue weighted by molar-refractivity contribution is 5.94. The highest BCUT2D eigenvalue weighted by Crippen LogP contribution is 2.14. The molecular weight excluding hydrogens is 212 g/mol. The monoisotopic (exact) mass is 225 g/mol. The lowest BCUT2D eigenvalue weighted by Gasteiger charge is -2.20. The van der Waals surface area contributed by atoms with Gasteiger partial charge in [-0.1, -0.05) is 18.2 Å². The minimum absolute atomic E-state index is 0.273. The normalized spacial score (nSPS) is 9.69. The predicted molar refractivity (Wildman–Crippen MR) is 59.4 cm³/mol. The van der Waals surface area contributed by atoms with Gasteiger partial charge in [0.05, 0.1) is 6.42 Å². The van der Waals surface area contributed by atoms with Gasteiger partial charge in [-0.15, -0.1) is 0 Å². The van der Waals surface area contributed by atoms with Gasteiger partial charge in [-0.05, 0) is 25.1 Å². The van der Waals surface area contributed by atoms with Gasteiger partial charge < -0.3 is 4.90 Å². The summed E-state index contributed by atoms with van der Waals surface area (Å²) in [5.74, 6) is -0.332. The second kappa shape index (κ2) is 6.00. The molecule has 0 unspecified atom stereocenters. The molecule has 4 heteroatoms. The zero-order chi connectivity index (χ0) is 12.0. The number of carbonyl (C=O) groups is 1. The smallest absolute Gasteiger partial charge is 0.266 e. The summed E-state index contributed by atoms with van der Waals surface area (Å²) in [4.78, 5) is 13.1. The Kier molecular flexibility index (Phi) is 4.64. The number of hydrogen-bond donors (Lipinski definition) is 0. The average molecular weight is 225 g/mol. The van der Waals surface area contributed by atoms with Crippen molar-refractivity contribution in [2.24, 2.45) is 0 Å². The van der Waals surface area contributed by atoms with E-state index in [0.717, 1.165) is 5.69 Å². The molecule has 0 bridgehead atoms. The van der Waals surface area contributed by atoms with Crippen LogP contribution < -0.4 is 4.90 Å². The van der Waals surface area contributed by atoms with Crippen molar-refractivity contribution in [3.05, 3.63) is 42.5 Å². The first-order valence-electron chi connectivity index (χ1n) is 5.01. The third-order valence-electron chi connectivity index (χ3n) is 2.12. The van der Waals surface area contributed by atoms with Crippen molar-refractivity contribution in [3.63, 3.8) is 0 Å². The predicted octanol–water partition coefficient (Wildman–Crippen LogP) is 3.21. The minimum atomic E-state index is -1.82. The average Bonchev–Trinajstić information content (AvgIpc) is 2.29. The molecule has 0 heterocycles. The summed E-state index contributed by atoms with van der Waals surface area (Å²) in [6.07, 6.45) is -1.46. The number of hydrogen-bond acceptors (Lipinski definition) is 1. The first-order chi connectivity index (χ1) is 7.65.